The van der Waals surface area contributed by atoms with E-state index in [1.54, 1.807) is 4.90 Å². The SMILES string of the molecule is Cc1cc(Cl)cc2sc(N(CC3CCCO3)C(=O)Cc3ccc(-c4ccccc4)cc3)nc12. The Hall–Kier alpha value is -2.73. The van der Waals surface area contributed by atoms with Crippen LogP contribution in [0.5, 0.6) is 0 Å². The fourth-order valence-corrected chi connectivity index (χ4v) is 5.70. The maximum Gasteiger partial charge on any atom is 0.233 e. The molecule has 5 rings (SSSR count). The molecular weight excluding hydrogens is 452 g/mol. The second-order valence-corrected chi connectivity index (χ2v) is 9.89. The summed E-state index contributed by atoms with van der Waals surface area (Å²) in [6.45, 7) is 3.27. The highest BCUT2D eigenvalue weighted by atomic mass is 35.5. The minimum Gasteiger partial charge on any atom is -0.376 e. The molecule has 1 aliphatic rings. The van der Waals surface area contributed by atoms with Gasteiger partial charge in [0.15, 0.2) is 5.13 Å². The topological polar surface area (TPSA) is 42.4 Å². The number of hydrogen-bond donors (Lipinski definition) is 0. The van der Waals surface area contributed by atoms with Crippen LogP contribution in [0.15, 0.2) is 66.7 Å². The molecule has 0 spiro atoms. The Kier molecular flexibility index (Phi) is 6.45. The van der Waals surface area contributed by atoms with Crippen LogP contribution in [-0.2, 0) is 16.0 Å². The van der Waals surface area contributed by atoms with Gasteiger partial charge in [0.25, 0.3) is 0 Å². The van der Waals surface area contributed by atoms with Crippen LogP contribution in [0.3, 0.4) is 0 Å². The van der Waals surface area contributed by atoms with Gasteiger partial charge in [-0.25, -0.2) is 4.98 Å². The van der Waals surface area contributed by atoms with Crippen molar-refractivity contribution in [3.63, 3.8) is 0 Å². The number of hydrogen-bond acceptors (Lipinski definition) is 4. The van der Waals surface area contributed by atoms with Gasteiger partial charge in [0.05, 0.1) is 29.3 Å². The molecule has 1 saturated heterocycles. The van der Waals surface area contributed by atoms with Gasteiger partial charge in [-0.15, -0.1) is 0 Å². The molecule has 0 bridgehead atoms. The number of anilines is 1. The van der Waals surface area contributed by atoms with Gasteiger partial charge in [0, 0.05) is 11.6 Å². The standard InChI is InChI=1S/C27H25ClN2O2S/c1-18-14-22(28)16-24-26(18)29-27(33-24)30(17-23-8-5-13-32-23)25(31)15-19-9-11-21(12-10-19)20-6-3-2-4-7-20/h2-4,6-7,9-12,14,16,23H,5,8,13,15,17H2,1H3. The fraction of sp³-hybridized carbons (Fsp3) is 0.259. The van der Waals surface area contributed by atoms with Crippen molar-refractivity contribution in [2.45, 2.75) is 32.3 Å². The summed E-state index contributed by atoms with van der Waals surface area (Å²) in [5.41, 5.74) is 5.20. The first-order valence-corrected chi connectivity index (χ1v) is 12.4. The van der Waals surface area contributed by atoms with Crippen LogP contribution < -0.4 is 4.90 Å². The molecule has 3 aromatic carbocycles. The third-order valence-electron chi connectivity index (χ3n) is 6.00. The molecule has 6 heteroatoms. The van der Waals surface area contributed by atoms with E-state index in [2.05, 4.69) is 24.3 Å². The Morgan fingerprint density at radius 1 is 1.12 bits per heavy atom. The molecule has 2 heterocycles. The largest absolute Gasteiger partial charge is 0.376 e. The Morgan fingerprint density at radius 2 is 1.88 bits per heavy atom. The summed E-state index contributed by atoms with van der Waals surface area (Å²) in [7, 11) is 0. The molecular formula is C27H25ClN2O2S. The van der Waals surface area contributed by atoms with Crippen molar-refractivity contribution in [3.05, 3.63) is 82.9 Å². The first kappa shape index (κ1) is 22.1. The van der Waals surface area contributed by atoms with Gasteiger partial charge < -0.3 is 4.74 Å². The van der Waals surface area contributed by atoms with Gasteiger partial charge in [0.1, 0.15) is 0 Å². The summed E-state index contributed by atoms with van der Waals surface area (Å²) in [5, 5.41) is 1.39. The number of amides is 1. The predicted molar refractivity (Wildman–Crippen MR) is 136 cm³/mol. The van der Waals surface area contributed by atoms with Crippen molar-refractivity contribution in [3.8, 4) is 11.1 Å². The van der Waals surface area contributed by atoms with E-state index >= 15 is 0 Å². The zero-order valence-electron chi connectivity index (χ0n) is 18.5. The van der Waals surface area contributed by atoms with Crippen molar-refractivity contribution in [1.29, 1.82) is 0 Å². The molecule has 0 saturated carbocycles. The molecule has 1 fully saturated rings. The monoisotopic (exact) mass is 476 g/mol. The van der Waals surface area contributed by atoms with Gasteiger partial charge in [0.2, 0.25) is 5.91 Å². The smallest absolute Gasteiger partial charge is 0.233 e. The van der Waals surface area contributed by atoms with Gasteiger partial charge in [-0.3, -0.25) is 9.69 Å². The molecule has 1 aromatic heterocycles. The molecule has 1 unspecified atom stereocenters. The number of benzene rings is 3. The van der Waals surface area contributed by atoms with Crippen molar-refractivity contribution in [2.24, 2.45) is 0 Å². The van der Waals surface area contributed by atoms with E-state index in [1.165, 1.54) is 16.9 Å². The van der Waals surface area contributed by atoms with Gasteiger partial charge >= 0.3 is 0 Å². The quantitative estimate of drug-likeness (QED) is 0.311. The highest BCUT2D eigenvalue weighted by molar-refractivity contribution is 7.22. The third kappa shape index (κ3) is 4.96. The van der Waals surface area contributed by atoms with Crippen LogP contribution in [0.1, 0.15) is 24.0 Å². The lowest BCUT2D eigenvalue weighted by Gasteiger charge is -2.23. The Balaban J connectivity index is 1.40. The second kappa shape index (κ2) is 9.64. The maximum atomic E-state index is 13.5. The summed E-state index contributed by atoms with van der Waals surface area (Å²) >= 11 is 7.77. The van der Waals surface area contributed by atoms with Gasteiger partial charge in [-0.1, -0.05) is 77.5 Å². The third-order valence-corrected chi connectivity index (χ3v) is 7.24. The summed E-state index contributed by atoms with van der Waals surface area (Å²) in [4.78, 5) is 20.1. The van der Waals surface area contributed by atoms with Crippen LogP contribution in [0, 0.1) is 6.92 Å². The van der Waals surface area contributed by atoms with E-state index in [0.717, 1.165) is 46.4 Å². The summed E-state index contributed by atoms with van der Waals surface area (Å²) in [6.07, 6.45) is 2.36. The number of carbonyl (C=O) groups is 1. The van der Waals surface area contributed by atoms with Crippen LogP contribution >= 0.6 is 22.9 Å². The minimum absolute atomic E-state index is 0.0285. The average molecular weight is 477 g/mol. The van der Waals surface area contributed by atoms with Crippen molar-refractivity contribution < 1.29 is 9.53 Å². The average Bonchev–Trinajstić information content (AvgIpc) is 3.48. The van der Waals surface area contributed by atoms with Crippen molar-refractivity contribution >= 4 is 44.2 Å². The van der Waals surface area contributed by atoms with Crippen molar-refractivity contribution in [2.75, 3.05) is 18.1 Å². The first-order chi connectivity index (χ1) is 16.1. The highest BCUT2D eigenvalue weighted by Gasteiger charge is 2.26. The number of ether oxygens (including phenoxy) is 1. The second-order valence-electron chi connectivity index (χ2n) is 8.44. The molecule has 0 radical (unpaired) electrons. The maximum absolute atomic E-state index is 13.5. The Labute approximate surface area is 202 Å². The number of aromatic nitrogens is 1. The normalized spacial score (nSPS) is 15.8. The van der Waals surface area contributed by atoms with E-state index in [1.807, 2.05) is 49.4 Å². The highest BCUT2D eigenvalue weighted by Crippen LogP contribution is 2.34. The predicted octanol–water partition coefficient (Wildman–Crippen LogP) is 6.68. The lowest BCUT2D eigenvalue weighted by atomic mass is 10.0. The molecule has 1 atom stereocenters. The van der Waals surface area contributed by atoms with Crippen LogP contribution in [0.2, 0.25) is 5.02 Å². The molecule has 1 amide bonds. The minimum atomic E-state index is 0.0285. The summed E-state index contributed by atoms with van der Waals surface area (Å²) in [5.74, 6) is 0.0285. The molecule has 168 valence electrons. The molecule has 0 aliphatic carbocycles. The molecule has 4 aromatic rings. The molecule has 1 aliphatic heterocycles. The van der Waals surface area contributed by atoms with E-state index in [9.17, 15) is 4.79 Å². The zero-order chi connectivity index (χ0) is 22.8. The number of thiazole rings is 1. The summed E-state index contributed by atoms with van der Waals surface area (Å²) < 4.78 is 6.84. The number of fused-ring (bicyclic) bond motifs is 1. The van der Waals surface area contributed by atoms with Crippen LogP contribution in [0.25, 0.3) is 21.3 Å². The van der Waals surface area contributed by atoms with Gasteiger partial charge in [-0.2, -0.15) is 0 Å². The lowest BCUT2D eigenvalue weighted by molar-refractivity contribution is -0.118. The van der Waals surface area contributed by atoms with E-state index in [-0.39, 0.29) is 12.0 Å². The Morgan fingerprint density at radius 3 is 2.61 bits per heavy atom. The number of rotatable bonds is 6. The number of carbonyl (C=O) groups excluding carboxylic acids is 1. The van der Waals surface area contributed by atoms with Crippen molar-refractivity contribution in [1.82, 2.24) is 4.98 Å². The molecule has 0 N–H and O–H groups in total. The van der Waals surface area contributed by atoms with E-state index in [4.69, 9.17) is 21.3 Å². The van der Waals surface area contributed by atoms with E-state index < -0.39 is 0 Å². The molecule has 4 nitrogen and oxygen atoms in total. The fourth-order valence-electron chi connectivity index (χ4n) is 4.25. The first-order valence-electron chi connectivity index (χ1n) is 11.2. The van der Waals surface area contributed by atoms with Gasteiger partial charge in [-0.05, 0) is 54.2 Å². The Bertz CT molecular complexity index is 1260. The zero-order valence-corrected chi connectivity index (χ0v) is 20.0. The summed E-state index contributed by atoms with van der Waals surface area (Å²) in [6, 6.07) is 22.3. The lowest BCUT2D eigenvalue weighted by Crippen LogP contribution is -2.38. The van der Waals surface area contributed by atoms with Crippen LogP contribution in [-0.4, -0.2) is 30.1 Å². The molecule has 33 heavy (non-hydrogen) atoms. The number of aryl methyl sites for hydroxylation is 1. The van der Waals surface area contributed by atoms with Crippen LogP contribution in [0.4, 0.5) is 5.13 Å². The number of nitrogens with zero attached hydrogens (tertiary/aromatic N) is 2. The van der Waals surface area contributed by atoms with E-state index in [0.29, 0.717) is 23.1 Å². The number of halogens is 1.